The fourth-order valence-electron chi connectivity index (χ4n) is 3.66. The zero-order valence-corrected chi connectivity index (χ0v) is 14.6. The molecule has 2 amide bonds. The van der Waals surface area contributed by atoms with Gasteiger partial charge in [-0.3, -0.25) is 4.79 Å². The Hall–Kier alpha value is -1.30. The lowest BCUT2D eigenvalue weighted by molar-refractivity contribution is -0.139. The first kappa shape index (κ1) is 18.0. The van der Waals surface area contributed by atoms with E-state index in [0.29, 0.717) is 19.6 Å². The highest BCUT2D eigenvalue weighted by atomic mass is 16.6. The third-order valence-electron chi connectivity index (χ3n) is 4.66. The first-order valence-electron chi connectivity index (χ1n) is 8.70. The van der Waals surface area contributed by atoms with Crippen molar-refractivity contribution in [2.24, 2.45) is 5.92 Å². The highest BCUT2D eigenvalue weighted by molar-refractivity contribution is 5.77. The van der Waals surface area contributed by atoms with Crippen LogP contribution in [-0.2, 0) is 9.53 Å². The van der Waals surface area contributed by atoms with Gasteiger partial charge in [-0.25, -0.2) is 4.79 Å². The second-order valence-electron chi connectivity index (χ2n) is 7.64. The number of hydrogen-bond donors (Lipinski definition) is 1. The molecule has 6 nitrogen and oxygen atoms in total. The molecule has 0 unspecified atom stereocenters. The average Bonchev–Trinajstić information content (AvgIpc) is 2.52. The minimum atomic E-state index is -0.492. The third kappa shape index (κ3) is 4.83. The maximum absolute atomic E-state index is 12.3. The SMILES string of the molecule is CC(C)(C)OC(=O)N1CCC[C@@H]([C@@H]2CCCCN2C(=O)CO)C1. The van der Waals surface area contributed by atoms with Gasteiger partial charge in [-0.2, -0.15) is 0 Å². The van der Waals surface area contributed by atoms with Crippen molar-refractivity contribution in [3.8, 4) is 0 Å². The molecule has 2 rings (SSSR count). The van der Waals surface area contributed by atoms with E-state index in [2.05, 4.69) is 0 Å². The molecule has 2 fully saturated rings. The Balaban J connectivity index is 2.01. The van der Waals surface area contributed by atoms with Gasteiger partial charge in [0.25, 0.3) is 0 Å². The second-order valence-corrected chi connectivity index (χ2v) is 7.64. The Morgan fingerprint density at radius 2 is 1.87 bits per heavy atom. The molecular formula is C17H30N2O4. The van der Waals surface area contributed by atoms with Crippen molar-refractivity contribution in [2.45, 2.75) is 64.5 Å². The Labute approximate surface area is 138 Å². The van der Waals surface area contributed by atoms with Crippen molar-refractivity contribution < 1.29 is 19.4 Å². The van der Waals surface area contributed by atoms with Crippen molar-refractivity contribution in [1.82, 2.24) is 9.80 Å². The second kappa shape index (κ2) is 7.51. The highest BCUT2D eigenvalue weighted by Crippen LogP contribution is 2.30. The Kier molecular flexibility index (Phi) is 5.89. The molecule has 6 heteroatoms. The number of rotatable bonds is 2. The van der Waals surface area contributed by atoms with E-state index in [1.54, 1.807) is 4.90 Å². The van der Waals surface area contributed by atoms with E-state index in [4.69, 9.17) is 4.74 Å². The maximum atomic E-state index is 12.3. The third-order valence-corrected chi connectivity index (χ3v) is 4.66. The first-order chi connectivity index (χ1) is 10.8. The number of amides is 2. The van der Waals surface area contributed by atoms with Crippen LogP contribution in [0.5, 0.6) is 0 Å². The van der Waals surface area contributed by atoms with Crippen LogP contribution in [0.15, 0.2) is 0 Å². The van der Waals surface area contributed by atoms with Gasteiger partial charge in [-0.1, -0.05) is 0 Å². The summed E-state index contributed by atoms with van der Waals surface area (Å²) in [5.41, 5.74) is -0.492. The van der Waals surface area contributed by atoms with E-state index < -0.39 is 12.2 Å². The molecule has 0 spiro atoms. The van der Waals surface area contributed by atoms with Crippen molar-refractivity contribution in [1.29, 1.82) is 0 Å². The molecule has 0 bridgehead atoms. The lowest BCUT2D eigenvalue weighted by atomic mass is 9.84. The average molecular weight is 326 g/mol. The van der Waals surface area contributed by atoms with Gasteiger partial charge in [-0.15, -0.1) is 0 Å². The van der Waals surface area contributed by atoms with Gasteiger partial charge >= 0.3 is 6.09 Å². The van der Waals surface area contributed by atoms with E-state index in [1.165, 1.54) is 0 Å². The van der Waals surface area contributed by atoms with Gasteiger partial charge < -0.3 is 19.6 Å². The molecule has 0 aliphatic carbocycles. The maximum Gasteiger partial charge on any atom is 0.410 e. The summed E-state index contributed by atoms with van der Waals surface area (Å²) in [4.78, 5) is 27.9. The summed E-state index contributed by atoms with van der Waals surface area (Å²) in [5.74, 6) is 0.0798. The monoisotopic (exact) mass is 326 g/mol. The quantitative estimate of drug-likeness (QED) is 0.843. The summed E-state index contributed by atoms with van der Waals surface area (Å²) < 4.78 is 5.47. The zero-order chi connectivity index (χ0) is 17.0. The van der Waals surface area contributed by atoms with Crippen LogP contribution in [0.2, 0.25) is 0 Å². The van der Waals surface area contributed by atoms with Crippen LogP contribution in [-0.4, -0.2) is 64.8 Å². The predicted molar refractivity (Wildman–Crippen MR) is 87.0 cm³/mol. The van der Waals surface area contributed by atoms with Crippen LogP contribution in [0.4, 0.5) is 4.79 Å². The lowest BCUT2D eigenvalue weighted by Gasteiger charge is -2.44. The van der Waals surface area contributed by atoms with Crippen LogP contribution in [0.25, 0.3) is 0 Å². The first-order valence-corrected chi connectivity index (χ1v) is 8.70. The Morgan fingerprint density at radius 1 is 1.13 bits per heavy atom. The predicted octanol–water partition coefficient (Wildman–Crippen LogP) is 2.01. The van der Waals surface area contributed by atoms with Crippen LogP contribution in [0.3, 0.4) is 0 Å². The molecule has 0 aromatic rings. The molecule has 2 saturated heterocycles. The molecule has 0 aromatic heterocycles. The van der Waals surface area contributed by atoms with Gasteiger partial charge in [0.15, 0.2) is 0 Å². The smallest absolute Gasteiger partial charge is 0.410 e. The number of nitrogens with zero attached hydrogens (tertiary/aromatic N) is 2. The minimum Gasteiger partial charge on any atom is -0.444 e. The molecule has 132 valence electrons. The van der Waals surface area contributed by atoms with Gasteiger partial charge in [0.2, 0.25) is 5.91 Å². The molecule has 23 heavy (non-hydrogen) atoms. The van der Waals surface area contributed by atoms with E-state index in [1.807, 2.05) is 25.7 Å². The topological polar surface area (TPSA) is 70.1 Å². The van der Waals surface area contributed by atoms with Crippen molar-refractivity contribution in [3.63, 3.8) is 0 Å². The van der Waals surface area contributed by atoms with Crippen molar-refractivity contribution in [2.75, 3.05) is 26.2 Å². The molecule has 0 saturated carbocycles. The summed E-state index contributed by atoms with van der Waals surface area (Å²) in [6.07, 6.45) is 4.73. The Bertz CT molecular complexity index is 433. The number of carbonyl (C=O) groups is 2. The number of aliphatic hydroxyl groups is 1. The minimum absolute atomic E-state index is 0.133. The summed E-state index contributed by atoms with van der Waals surface area (Å²) in [5, 5.41) is 9.20. The molecule has 1 N–H and O–H groups in total. The standard InChI is InChI=1S/C17H30N2O4/c1-17(2,3)23-16(22)18-9-6-7-13(11-18)14-8-4-5-10-19(14)15(21)12-20/h13-14,20H,4-12H2,1-3H3/t13-,14+/m1/s1. The molecule has 2 atom stereocenters. The molecule has 2 heterocycles. The number of hydrogen-bond acceptors (Lipinski definition) is 4. The van der Waals surface area contributed by atoms with E-state index in [9.17, 15) is 14.7 Å². The van der Waals surface area contributed by atoms with Crippen molar-refractivity contribution in [3.05, 3.63) is 0 Å². The van der Waals surface area contributed by atoms with Gasteiger partial charge in [-0.05, 0) is 58.8 Å². The van der Waals surface area contributed by atoms with Gasteiger partial charge in [0.1, 0.15) is 12.2 Å². The number of ether oxygens (including phenoxy) is 1. The molecule has 0 aromatic carbocycles. The van der Waals surface area contributed by atoms with E-state index in [-0.39, 0.29) is 24.0 Å². The lowest BCUT2D eigenvalue weighted by Crippen LogP contribution is -2.53. The van der Waals surface area contributed by atoms with Gasteiger partial charge in [0, 0.05) is 25.7 Å². The highest BCUT2D eigenvalue weighted by Gasteiger charge is 2.36. The number of carbonyl (C=O) groups excluding carboxylic acids is 2. The summed E-state index contributed by atoms with van der Waals surface area (Å²) in [6, 6.07) is 0.133. The zero-order valence-electron chi connectivity index (χ0n) is 14.6. The molecule has 2 aliphatic heterocycles. The molecular weight excluding hydrogens is 296 g/mol. The van der Waals surface area contributed by atoms with Crippen LogP contribution in [0, 0.1) is 5.92 Å². The van der Waals surface area contributed by atoms with Crippen LogP contribution < -0.4 is 0 Å². The molecule has 2 aliphatic rings. The van der Waals surface area contributed by atoms with Gasteiger partial charge in [0.05, 0.1) is 0 Å². The number of piperidine rings is 2. The Morgan fingerprint density at radius 3 is 2.52 bits per heavy atom. The fourth-order valence-corrected chi connectivity index (χ4v) is 3.66. The number of aliphatic hydroxyl groups excluding tert-OH is 1. The van der Waals surface area contributed by atoms with Crippen molar-refractivity contribution >= 4 is 12.0 Å². The largest absolute Gasteiger partial charge is 0.444 e. The summed E-state index contributed by atoms with van der Waals surface area (Å²) >= 11 is 0. The van der Waals surface area contributed by atoms with E-state index >= 15 is 0 Å². The van der Waals surface area contributed by atoms with E-state index in [0.717, 1.165) is 32.1 Å². The van der Waals surface area contributed by atoms with Crippen LogP contribution in [0.1, 0.15) is 52.9 Å². The normalized spacial score (nSPS) is 26.1. The molecule has 0 radical (unpaired) electrons. The summed E-state index contributed by atoms with van der Waals surface area (Å²) in [6.45, 7) is 7.24. The summed E-state index contributed by atoms with van der Waals surface area (Å²) in [7, 11) is 0. The van der Waals surface area contributed by atoms with Crippen LogP contribution >= 0.6 is 0 Å². The fraction of sp³-hybridized carbons (Fsp3) is 0.882. The number of likely N-dealkylation sites (tertiary alicyclic amines) is 2.